The number of fused-ring (bicyclic) bond motifs is 2. The van der Waals surface area contributed by atoms with Gasteiger partial charge in [0, 0.05) is 0 Å². The molecule has 3 rings (SSSR count). The van der Waals surface area contributed by atoms with Gasteiger partial charge >= 0.3 is 5.97 Å². The fourth-order valence-electron chi connectivity index (χ4n) is 1.93. The first-order valence-electron chi connectivity index (χ1n) is 5.39. The third-order valence-corrected chi connectivity index (χ3v) is 6.10. The summed E-state index contributed by atoms with van der Waals surface area (Å²) in [7, 11) is -2.91. The van der Waals surface area contributed by atoms with E-state index in [4.69, 9.17) is 5.11 Å². The molecule has 1 N–H and O–H groups in total. The number of carboxylic acids is 1. The molecule has 0 saturated carbocycles. The third-order valence-electron chi connectivity index (χ3n) is 2.84. The van der Waals surface area contributed by atoms with Gasteiger partial charge in [0.2, 0.25) is 0 Å². The number of aromatic carboxylic acids is 1. The van der Waals surface area contributed by atoms with Crippen LogP contribution in [0.1, 0.15) is 10.4 Å². The summed E-state index contributed by atoms with van der Waals surface area (Å²) in [4.78, 5) is 12.7. The lowest BCUT2D eigenvalue weighted by Gasteiger charge is -2.18. The zero-order valence-corrected chi connectivity index (χ0v) is 11.2. The van der Waals surface area contributed by atoms with Crippen LogP contribution in [0.3, 0.4) is 0 Å². The highest BCUT2D eigenvalue weighted by molar-refractivity contribution is 7.91. The van der Waals surface area contributed by atoms with E-state index in [2.05, 4.69) is 0 Å². The van der Waals surface area contributed by atoms with Crippen molar-refractivity contribution < 1.29 is 18.3 Å². The van der Waals surface area contributed by atoms with Crippen molar-refractivity contribution >= 4 is 27.6 Å². The third kappa shape index (κ3) is 1.84. The number of hydrogen-bond acceptors (Lipinski definition) is 3. The van der Waals surface area contributed by atoms with Gasteiger partial charge in [-0.1, -0.05) is 12.1 Å². The van der Waals surface area contributed by atoms with Crippen molar-refractivity contribution in [1.29, 1.82) is 0 Å². The Labute approximate surface area is 114 Å². The summed E-state index contributed by atoms with van der Waals surface area (Å²) >= 11 is 0. The highest BCUT2D eigenvalue weighted by Gasteiger charge is 2.28. The molecule has 0 spiro atoms. The molecule has 0 radical (unpaired) electrons. The maximum Gasteiger partial charge on any atom is 0.335 e. The Morgan fingerprint density at radius 2 is 1.37 bits per heavy atom. The molecule has 0 aromatic heterocycles. The first kappa shape index (κ1) is 12.3. The average Bonchev–Trinajstić information content (AvgIpc) is 2.44. The minimum Gasteiger partial charge on any atom is -0.478 e. The molecule has 4 nitrogen and oxygen atoms in total. The van der Waals surface area contributed by atoms with E-state index in [9.17, 15) is 13.2 Å². The van der Waals surface area contributed by atoms with Crippen LogP contribution in [0, 0.1) is 0 Å². The van der Waals surface area contributed by atoms with Crippen molar-refractivity contribution in [3.05, 3.63) is 48.0 Å². The van der Waals surface area contributed by atoms with Gasteiger partial charge in [0.1, 0.15) is 0 Å². The zero-order valence-electron chi connectivity index (χ0n) is 9.53. The predicted molar refractivity (Wildman–Crippen MR) is 69.2 cm³/mol. The fourth-order valence-corrected chi connectivity index (χ4v) is 5.14. The smallest absolute Gasteiger partial charge is 0.335 e. The van der Waals surface area contributed by atoms with Crippen molar-refractivity contribution in [2.24, 2.45) is 0 Å². The molecule has 0 bridgehead atoms. The molecule has 0 fully saturated rings. The van der Waals surface area contributed by atoms with Crippen LogP contribution in [0.4, 0.5) is 0 Å². The molecular weight excluding hydrogens is 284 g/mol. The van der Waals surface area contributed by atoms with E-state index >= 15 is 0 Å². The fraction of sp³-hybridized carbons (Fsp3) is 0. The molecule has 2 atom stereocenters. The normalized spacial score (nSPS) is 20.4. The van der Waals surface area contributed by atoms with Crippen LogP contribution >= 0.6 is 0 Å². The van der Waals surface area contributed by atoms with Gasteiger partial charge in [-0.15, -0.1) is 0 Å². The Balaban J connectivity index is 2.27. The number of carboxylic acid groups (broad SMARTS) is 1. The van der Waals surface area contributed by atoms with Crippen LogP contribution in [0.25, 0.3) is 0 Å². The largest absolute Gasteiger partial charge is 0.478 e. The first-order valence-corrected chi connectivity index (χ1v) is 7.69. The maximum atomic E-state index is 12.4. The second kappa shape index (κ2) is 4.40. The van der Waals surface area contributed by atoms with Crippen LogP contribution in [0.15, 0.2) is 62.0 Å². The summed E-state index contributed by atoms with van der Waals surface area (Å²) in [6.45, 7) is 0. The molecule has 2 aromatic rings. The SMILES string of the molecule is O=C(O)c1ccc2c(c1)S(=O)c1ccccc1S2=O. The second-order valence-corrected chi connectivity index (χ2v) is 6.79. The van der Waals surface area contributed by atoms with Gasteiger partial charge in [0.25, 0.3) is 0 Å². The molecule has 2 unspecified atom stereocenters. The highest BCUT2D eigenvalue weighted by Crippen LogP contribution is 2.35. The minimum atomic E-state index is -1.49. The minimum absolute atomic E-state index is 0.0449. The molecule has 0 saturated heterocycles. The number of hydrogen-bond donors (Lipinski definition) is 1. The van der Waals surface area contributed by atoms with Crippen LogP contribution in [0.2, 0.25) is 0 Å². The monoisotopic (exact) mass is 292 g/mol. The van der Waals surface area contributed by atoms with E-state index in [0.717, 1.165) is 0 Å². The highest BCUT2D eigenvalue weighted by atomic mass is 32.2. The molecule has 2 aromatic carbocycles. The average molecular weight is 292 g/mol. The Morgan fingerprint density at radius 1 is 0.842 bits per heavy atom. The summed E-state index contributed by atoms with van der Waals surface area (Å²) in [5.41, 5.74) is 0.0449. The molecule has 96 valence electrons. The van der Waals surface area contributed by atoms with E-state index in [0.29, 0.717) is 19.6 Å². The lowest BCUT2D eigenvalue weighted by Crippen LogP contribution is -2.12. The van der Waals surface area contributed by atoms with Crippen molar-refractivity contribution in [2.45, 2.75) is 19.6 Å². The van der Waals surface area contributed by atoms with Crippen LogP contribution in [-0.2, 0) is 21.6 Å². The van der Waals surface area contributed by atoms with Crippen molar-refractivity contribution in [2.75, 3.05) is 0 Å². The molecular formula is C13H8O4S2. The van der Waals surface area contributed by atoms with Crippen LogP contribution in [0.5, 0.6) is 0 Å². The van der Waals surface area contributed by atoms with Gasteiger partial charge in [-0.3, -0.25) is 0 Å². The molecule has 0 amide bonds. The Kier molecular flexibility index (Phi) is 2.83. The van der Waals surface area contributed by atoms with E-state index in [1.54, 1.807) is 24.3 Å². The van der Waals surface area contributed by atoms with E-state index in [1.165, 1.54) is 18.2 Å². The summed E-state index contributed by atoms with van der Waals surface area (Å²) in [6, 6.07) is 11.0. The van der Waals surface area contributed by atoms with Gasteiger partial charge < -0.3 is 5.11 Å². The summed E-state index contributed by atoms with van der Waals surface area (Å²) in [5, 5.41) is 8.96. The number of carbonyl (C=O) groups is 1. The van der Waals surface area contributed by atoms with Crippen molar-refractivity contribution in [3.63, 3.8) is 0 Å². The molecule has 1 heterocycles. The van der Waals surface area contributed by atoms with Gasteiger partial charge in [-0.2, -0.15) is 0 Å². The lowest BCUT2D eigenvalue weighted by atomic mass is 10.2. The number of benzene rings is 2. The molecule has 1 aliphatic heterocycles. The summed E-state index contributed by atoms with van der Waals surface area (Å²) < 4.78 is 24.8. The van der Waals surface area contributed by atoms with Gasteiger partial charge in [0.15, 0.2) is 0 Å². The Hall–Kier alpha value is -1.79. The summed E-state index contributed by atoms with van der Waals surface area (Å²) in [6.07, 6.45) is 0. The van der Waals surface area contributed by atoms with E-state index < -0.39 is 27.6 Å². The van der Waals surface area contributed by atoms with E-state index in [1.807, 2.05) is 0 Å². The quantitative estimate of drug-likeness (QED) is 0.745. The van der Waals surface area contributed by atoms with Gasteiger partial charge in [0.05, 0.1) is 46.7 Å². The zero-order chi connectivity index (χ0) is 13.6. The summed E-state index contributed by atoms with van der Waals surface area (Å²) in [5.74, 6) is -1.09. The molecule has 6 heteroatoms. The second-order valence-electron chi connectivity index (χ2n) is 3.95. The number of rotatable bonds is 1. The Morgan fingerprint density at radius 3 is 1.95 bits per heavy atom. The van der Waals surface area contributed by atoms with Crippen molar-refractivity contribution in [1.82, 2.24) is 0 Å². The standard InChI is InChI=1S/C13H8O4S2/c14-13(15)8-5-6-11-12(7-8)19(17)10-4-2-1-3-9(10)18(11)16/h1-7H,(H,14,15). The molecule has 1 aliphatic rings. The lowest BCUT2D eigenvalue weighted by molar-refractivity contribution is 0.0696. The van der Waals surface area contributed by atoms with Crippen LogP contribution < -0.4 is 0 Å². The van der Waals surface area contributed by atoms with Gasteiger partial charge in [-0.25, -0.2) is 13.2 Å². The van der Waals surface area contributed by atoms with Crippen LogP contribution in [-0.4, -0.2) is 19.5 Å². The van der Waals surface area contributed by atoms with Gasteiger partial charge in [-0.05, 0) is 30.3 Å². The molecule has 0 aliphatic carbocycles. The topological polar surface area (TPSA) is 71.4 Å². The first-order chi connectivity index (χ1) is 9.09. The van der Waals surface area contributed by atoms with Crippen molar-refractivity contribution in [3.8, 4) is 0 Å². The predicted octanol–water partition coefficient (Wildman–Crippen LogP) is 2.03. The Bertz CT molecular complexity index is 752. The molecule has 19 heavy (non-hydrogen) atoms. The maximum absolute atomic E-state index is 12.4. The van der Waals surface area contributed by atoms with E-state index in [-0.39, 0.29) is 5.56 Å².